The Kier molecular flexibility index (Phi) is 15.0. The molecule has 0 atom stereocenters. The van der Waals surface area contributed by atoms with Gasteiger partial charge in [0.15, 0.2) is 0 Å². The Morgan fingerprint density at radius 2 is 1.30 bits per heavy atom. The summed E-state index contributed by atoms with van der Waals surface area (Å²) in [5, 5.41) is 0. The molecule has 0 aliphatic rings. The van der Waals surface area contributed by atoms with Crippen LogP contribution in [-0.2, 0) is 23.8 Å². The van der Waals surface area contributed by atoms with Gasteiger partial charge in [0.2, 0.25) is 0 Å². The van der Waals surface area contributed by atoms with Crippen LogP contribution in [0, 0.1) is 5.92 Å². The summed E-state index contributed by atoms with van der Waals surface area (Å²) in [6.45, 7) is 6.87. The first-order valence-corrected chi connectivity index (χ1v) is 8.95. The summed E-state index contributed by atoms with van der Waals surface area (Å²) in [5.74, 6) is -0.255. The molecule has 0 aliphatic heterocycles. The average molecular weight is 330 g/mol. The van der Waals surface area contributed by atoms with Crippen LogP contribution in [0.5, 0.6) is 0 Å². The molecule has 0 fully saturated rings. The second-order valence-corrected chi connectivity index (χ2v) is 6.24. The van der Waals surface area contributed by atoms with Crippen molar-refractivity contribution in [3.63, 3.8) is 0 Å². The first kappa shape index (κ1) is 21.9. The highest BCUT2D eigenvalue weighted by Crippen LogP contribution is 2.05. The van der Waals surface area contributed by atoms with Crippen molar-refractivity contribution in [2.24, 2.45) is 5.92 Å². The number of carbonyl (C=O) groups excluding carboxylic acids is 2. The topological polar surface area (TPSA) is 61.8 Å². The summed E-state index contributed by atoms with van der Waals surface area (Å²) in [7, 11) is 0. The smallest absolute Gasteiger partial charge is 0.332 e. The van der Waals surface area contributed by atoms with Gasteiger partial charge in [-0.15, -0.1) is 0 Å². The van der Waals surface area contributed by atoms with Crippen molar-refractivity contribution in [1.82, 2.24) is 0 Å². The summed E-state index contributed by atoms with van der Waals surface area (Å²) < 4.78 is 15.0. The summed E-state index contributed by atoms with van der Waals surface area (Å²) in [4.78, 5) is 22.8. The predicted molar refractivity (Wildman–Crippen MR) is 90.2 cm³/mol. The van der Waals surface area contributed by atoms with E-state index in [2.05, 4.69) is 20.8 Å². The first-order chi connectivity index (χ1) is 11.1. The monoisotopic (exact) mass is 330 g/mol. The minimum absolute atomic E-state index is 0.197. The minimum Gasteiger partial charge on any atom is -0.464 e. The van der Waals surface area contributed by atoms with Crippen LogP contribution < -0.4 is 0 Å². The Labute approximate surface area is 141 Å². The van der Waals surface area contributed by atoms with Crippen LogP contribution in [0.4, 0.5) is 0 Å². The summed E-state index contributed by atoms with van der Waals surface area (Å²) in [5.41, 5.74) is 0. The van der Waals surface area contributed by atoms with Crippen LogP contribution in [0.1, 0.15) is 72.1 Å². The lowest BCUT2D eigenvalue weighted by molar-refractivity contribution is -0.155. The molecule has 0 amide bonds. The van der Waals surface area contributed by atoms with Gasteiger partial charge in [0, 0.05) is 0 Å². The van der Waals surface area contributed by atoms with E-state index in [1.54, 1.807) is 0 Å². The molecular weight excluding hydrogens is 296 g/mol. The van der Waals surface area contributed by atoms with Crippen molar-refractivity contribution in [2.75, 3.05) is 26.4 Å². The number of carbonyl (C=O) groups is 2. The van der Waals surface area contributed by atoms with Crippen LogP contribution in [0.2, 0.25) is 0 Å². The number of hydrogen-bond acceptors (Lipinski definition) is 5. The molecule has 23 heavy (non-hydrogen) atoms. The molecule has 5 nitrogen and oxygen atoms in total. The van der Waals surface area contributed by atoms with Crippen molar-refractivity contribution in [2.45, 2.75) is 72.1 Å². The van der Waals surface area contributed by atoms with Crippen molar-refractivity contribution in [1.29, 1.82) is 0 Å². The fourth-order valence-electron chi connectivity index (χ4n) is 2.05. The van der Waals surface area contributed by atoms with Crippen LogP contribution in [0.25, 0.3) is 0 Å². The molecule has 0 rings (SSSR count). The standard InChI is InChI=1S/C18H34O5/c1-4-5-6-7-8-9-12-22-17(19)14-21-15-18(20)23-13-10-11-16(2)3/h16H,4-15H2,1-3H3. The zero-order valence-corrected chi connectivity index (χ0v) is 15.1. The molecular formula is C18H34O5. The van der Waals surface area contributed by atoms with Crippen molar-refractivity contribution < 1.29 is 23.8 Å². The second-order valence-electron chi connectivity index (χ2n) is 6.24. The quantitative estimate of drug-likeness (QED) is 0.337. The predicted octanol–water partition coefficient (Wildman–Crippen LogP) is 3.89. The first-order valence-electron chi connectivity index (χ1n) is 8.95. The molecule has 0 bridgehead atoms. The lowest BCUT2D eigenvalue weighted by Gasteiger charge is -2.07. The molecule has 0 aromatic rings. The molecule has 0 saturated heterocycles. The normalized spacial score (nSPS) is 10.8. The van der Waals surface area contributed by atoms with Crippen molar-refractivity contribution in [3.8, 4) is 0 Å². The minimum atomic E-state index is -0.433. The number of rotatable bonds is 15. The fraction of sp³-hybridized carbons (Fsp3) is 0.889. The van der Waals surface area contributed by atoms with Gasteiger partial charge in [-0.3, -0.25) is 0 Å². The highest BCUT2D eigenvalue weighted by molar-refractivity contribution is 5.73. The molecule has 0 unspecified atom stereocenters. The third-order valence-electron chi connectivity index (χ3n) is 3.39. The molecule has 0 aliphatic carbocycles. The Balaban J connectivity index is 3.36. The number of hydrogen-bond donors (Lipinski definition) is 0. The Morgan fingerprint density at radius 1 is 0.783 bits per heavy atom. The maximum Gasteiger partial charge on any atom is 0.332 e. The SMILES string of the molecule is CCCCCCCCOC(=O)COCC(=O)OCCCC(C)C. The third-order valence-corrected chi connectivity index (χ3v) is 3.39. The van der Waals surface area contributed by atoms with Crippen LogP contribution in [0.15, 0.2) is 0 Å². The lowest BCUT2D eigenvalue weighted by Crippen LogP contribution is -2.19. The molecule has 0 aromatic heterocycles. The van der Waals surface area contributed by atoms with Gasteiger partial charge >= 0.3 is 11.9 Å². The van der Waals surface area contributed by atoms with E-state index in [0.29, 0.717) is 19.1 Å². The number of unbranched alkanes of at least 4 members (excludes halogenated alkanes) is 5. The van der Waals surface area contributed by atoms with E-state index in [1.807, 2.05) is 0 Å². The summed E-state index contributed by atoms with van der Waals surface area (Å²) in [6, 6.07) is 0. The van der Waals surface area contributed by atoms with Crippen LogP contribution in [0.3, 0.4) is 0 Å². The highest BCUT2D eigenvalue weighted by Gasteiger charge is 2.07. The maximum atomic E-state index is 11.4. The zero-order valence-electron chi connectivity index (χ0n) is 15.1. The van der Waals surface area contributed by atoms with E-state index in [-0.39, 0.29) is 13.2 Å². The van der Waals surface area contributed by atoms with E-state index in [1.165, 1.54) is 25.7 Å². The van der Waals surface area contributed by atoms with Gasteiger partial charge in [0.05, 0.1) is 13.2 Å². The zero-order chi connectivity index (χ0) is 17.3. The third kappa shape index (κ3) is 17.1. The van der Waals surface area contributed by atoms with Gasteiger partial charge in [0.25, 0.3) is 0 Å². The molecule has 0 saturated carbocycles. The molecule has 5 heteroatoms. The Morgan fingerprint density at radius 3 is 1.87 bits per heavy atom. The van der Waals surface area contributed by atoms with Gasteiger partial charge in [-0.05, 0) is 25.2 Å². The van der Waals surface area contributed by atoms with E-state index < -0.39 is 11.9 Å². The summed E-state index contributed by atoms with van der Waals surface area (Å²) in [6.07, 6.45) is 8.76. The molecule has 136 valence electrons. The van der Waals surface area contributed by atoms with Gasteiger partial charge in [-0.25, -0.2) is 9.59 Å². The molecule has 0 aromatic carbocycles. The molecule has 0 spiro atoms. The molecule has 0 heterocycles. The van der Waals surface area contributed by atoms with Gasteiger partial charge in [-0.1, -0.05) is 52.9 Å². The van der Waals surface area contributed by atoms with Crippen LogP contribution >= 0.6 is 0 Å². The lowest BCUT2D eigenvalue weighted by atomic mass is 10.1. The second kappa shape index (κ2) is 15.8. The van der Waals surface area contributed by atoms with E-state index in [9.17, 15) is 9.59 Å². The summed E-state index contributed by atoms with van der Waals surface area (Å²) >= 11 is 0. The van der Waals surface area contributed by atoms with Gasteiger partial charge < -0.3 is 14.2 Å². The van der Waals surface area contributed by atoms with Gasteiger partial charge in [-0.2, -0.15) is 0 Å². The van der Waals surface area contributed by atoms with E-state index in [0.717, 1.165) is 25.7 Å². The average Bonchev–Trinajstić information content (AvgIpc) is 2.50. The van der Waals surface area contributed by atoms with E-state index in [4.69, 9.17) is 14.2 Å². The maximum absolute atomic E-state index is 11.4. The Hall–Kier alpha value is -1.10. The molecule has 0 N–H and O–H groups in total. The fourth-order valence-corrected chi connectivity index (χ4v) is 2.05. The van der Waals surface area contributed by atoms with Crippen molar-refractivity contribution in [3.05, 3.63) is 0 Å². The highest BCUT2D eigenvalue weighted by atomic mass is 16.6. The van der Waals surface area contributed by atoms with Gasteiger partial charge in [0.1, 0.15) is 13.2 Å². The van der Waals surface area contributed by atoms with Crippen LogP contribution in [-0.4, -0.2) is 38.4 Å². The number of ether oxygens (including phenoxy) is 3. The van der Waals surface area contributed by atoms with Crippen molar-refractivity contribution >= 4 is 11.9 Å². The molecule has 0 radical (unpaired) electrons. The largest absolute Gasteiger partial charge is 0.464 e. The number of esters is 2. The van der Waals surface area contributed by atoms with E-state index >= 15 is 0 Å². The Bertz CT molecular complexity index is 302.